The van der Waals surface area contributed by atoms with Crippen LogP contribution in [0.5, 0.6) is 5.75 Å². The highest BCUT2D eigenvalue weighted by atomic mass is 16.3. The van der Waals surface area contributed by atoms with Gasteiger partial charge in [0.15, 0.2) is 0 Å². The van der Waals surface area contributed by atoms with E-state index in [1.54, 1.807) is 18.2 Å². The summed E-state index contributed by atoms with van der Waals surface area (Å²) in [7, 11) is 0. The summed E-state index contributed by atoms with van der Waals surface area (Å²) in [5.41, 5.74) is 5.64. The van der Waals surface area contributed by atoms with Gasteiger partial charge in [0.05, 0.1) is 11.3 Å². The molecule has 21 heavy (non-hydrogen) atoms. The third-order valence-corrected chi connectivity index (χ3v) is 3.16. The van der Waals surface area contributed by atoms with Crippen LogP contribution in [0.15, 0.2) is 53.6 Å². The van der Waals surface area contributed by atoms with E-state index in [-0.39, 0.29) is 11.3 Å². The number of amides is 1. The Hall–Kier alpha value is -2.62. The molecule has 0 aliphatic heterocycles. The summed E-state index contributed by atoms with van der Waals surface area (Å²) in [6, 6.07) is 14.3. The van der Waals surface area contributed by atoms with E-state index in [0.717, 1.165) is 11.3 Å². The van der Waals surface area contributed by atoms with Crippen LogP contribution < -0.4 is 5.43 Å². The van der Waals surface area contributed by atoms with Gasteiger partial charge in [-0.3, -0.25) is 4.79 Å². The average Bonchev–Trinajstić information content (AvgIpc) is 2.49. The summed E-state index contributed by atoms with van der Waals surface area (Å²) in [6.07, 6.45) is 0.699. The highest BCUT2D eigenvalue weighted by Gasteiger charge is 2.09. The maximum Gasteiger partial charge on any atom is 0.275 e. The van der Waals surface area contributed by atoms with E-state index in [0.29, 0.717) is 6.42 Å². The maximum absolute atomic E-state index is 12.0. The monoisotopic (exact) mass is 282 g/mol. The fourth-order valence-electron chi connectivity index (χ4n) is 1.94. The molecule has 0 saturated heterocycles. The number of hydrogen-bond acceptors (Lipinski definition) is 3. The highest BCUT2D eigenvalue weighted by Crippen LogP contribution is 2.15. The molecule has 0 radical (unpaired) electrons. The topological polar surface area (TPSA) is 61.7 Å². The number of carbonyl (C=O) groups is 1. The average molecular weight is 282 g/mol. The molecule has 0 unspecified atom stereocenters. The molecule has 0 fully saturated rings. The predicted molar refractivity (Wildman–Crippen MR) is 83.6 cm³/mol. The number of aromatic hydroxyl groups is 1. The van der Waals surface area contributed by atoms with Crippen LogP contribution in [0, 0.1) is 6.92 Å². The Balaban J connectivity index is 2.16. The molecule has 1 amide bonds. The minimum absolute atomic E-state index is 0.0569. The minimum Gasteiger partial charge on any atom is -0.507 e. The summed E-state index contributed by atoms with van der Waals surface area (Å²) in [5.74, 6) is -0.482. The van der Waals surface area contributed by atoms with Crippen molar-refractivity contribution in [1.29, 1.82) is 0 Å². The normalized spacial score (nSPS) is 11.2. The van der Waals surface area contributed by atoms with Crippen molar-refractivity contribution < 1.29 is 9.90 Å². The largest absolute Gasteiger partial charge is 0.507 e. The van der Waals surface area contributed by atoms with Crippen molar-refractivity contribution in [3.05, 3.63) is 65.2 Å². The van der Waals surface area contributed by atoms with E-state index >= 15 is 0 Å². The molecule has 0 bridgehead atoms. The number of phenols is 1. The number of benzene rings is 2. The first kappa shape index (κ1) is 14.8. The lowest BCUT2D eigenvalue weighted by Crippen LogP contribution is -2.20. The zero-order valence-corrected chi connectivity index (χ0v) is 12.1. The molecule has 0 saturated carbocycles. The molecule has 108 valence electrons. The summed E-state index contributed by atoms with van der Waals surface area (Å²) < 4.78 is 0. The van der Waals surface area contributed by atoms with Crippen molar-refractivity contribution in [1.82, 2.24) is 5.43 Å². The second-order valence-corrected chi connectivity index (χ2v) is 4.74. The van der Waals surface area contributed by atoms with E-state index in [1.807, 2.05) is 38.1 Å². The number of hydrogen-bond donors (Lipinski definition) is 2. The van der Waals surface area contributed by atoms with Crippen LogP contribution in [0.25, 0.3) is 0 Å². The summed E-state index contributed by atoms with van der Waals surface area (Å²) in [4.78, 5) is 12.0. The number of nitrogens with zero attached hydrogens (tertiary/aromatic N) is 1. The molecule has 0 atom stereocenters. The van der Waals surface area contributed by atoms with Gasteiger partial charge < -0.3 is 5.11 Å². The molecular weight excluding hydrogens is 264 g/mol. The molecule has 4 heteroatoms. The molecule has 2 aromatic rings. The van der Waals surface area contributed by atoms with Crippen LogP contribution in [0.3, 0.4) is 0 Å². The second-order valence-electron chi connectivity index (χ2n) is 4.74. The molecule has 2 rings (SSSR count). The second kappa shape index (κ2) is 6.70. The number of carbonyl (C=O) groups excluding carboxylic acids is 1. The smallest absolute Gasteiger partial charge is 0.275 e. The predicted octanol–water partition coefficient (Wildman–Crippen LogP) is 3.24. The first-order chi connectivity index (χ1) is 10.1. The summed E-state index contributed by atoms with van der Waals surface area (Å²) in [6.45, 7) is 4.00. The van der Waals surface area contributed by atoms with E-state index in [4.69, 9.17) is 0 Å². The van der Waals surface area contributed by atoms with Gasteiger partial charge in [0, 0.05) is 0 Å². The third-order valence-electron chi connectivity index (χ3n) is 3.16. The fourth-order valence-corrected chi connectivity index (χ4v) is 1.94. The quantitative estimate of drug-likeness (QED) is 0.668. The van der Waals surface area contributed by atoms with Gasteiger partial charge in [0.1, 0.15) is 5.75 Å². The molecular formula is C17H18N2O2. The zero-order chi connectivity index (χ0) is 15.2. The van der Waals surface area contributed by atoms with Crippen molar-refractivity contribution in [2.24, 2.45) is 5.10 Å². The van der Waals surface area contributed by atoms with Crippen molar-refractivity contribution in [2.45, 2.75) is 20.3 Å². The Labute approximate surface area is 124 Å². The van der Waals surface area contributed by atoms with Crippen molar-refractivity contribution in [3.63, 3.8) is 0 Å². The Morgan fingerprint density at radius 3 is 2.43 bits per heavy atom. The maximum atomic E-state index is 12.0. The molecule has 0 heterocycles. The number of nitrogens with one attached hydrogen (secondary N) is 1. The number of aryl methyl sites for hydroxylation is 1. The van der Waals surface area contributed by atoms with Crippen molar-refractivity contribution in [3.8, 4) is 5.75 Å². The van der Waals surface area contributed by atoms with Gasteiger partial charge in [-0.25, -0.2) is 5.43 Å². The van der Waals surface area contributed by atoms with Crippen LogP contribution in [0.2, 0.25) is 0 Å². The van der Waals surface area contributed by atoms with Gasteiger partial charge in [-0.15, -0.1) is 0 Å². The van der Waals surface area contributed by atoms with Gasteiger partial charge in [-0.2, -0.15) is 5.10 Å². The standard InChI is InChI=1S/C17H18N2O2/c1-3-15(13-10-8-12(2)9-11-13)18-19-17(21)14-6-4-5-7-16(14)20/h4-11,20H,3H2,1-2H3,(H,19,21)/b18-15-. The fraction of sp³-hybridized carbons (Fsp3) is 0.176. The molecule has 2 aromatic carbocycles. The van der Waals surface area contributed by atoms with Crippen molar-refractivity contribution >= 4 is 11.6 Å². The van der Waals surface area contributed by atoms with Gasteiger partial charge >= 0.3 is 0 Å². The van der Waals surface area contributed by atoms with Gasteiger partial charge in [-0.1, -0.05) is 48.9 Å². The van der Waals surface area contributed by atoms with Crippen LogP contribution in [-0.4, -0.2) is 16.7 Å². The van der Waals surface area contributed by atoms with Crippen LogP contribution in [-0.2, 0) is 0 Å². The minimum atomic E-state index is -0.425. The van der Waals surface area contributed by atoms with Crippen LogP contribution in [0.1, 0.15) is 34.8 Å². The van der Waals surface area contributed by atoms with E-state index < -0.39 is 5.91 Å². The number of phenolic OH excluding ortho intramolecular Hbond substituents is 1. The van der Waals surface area contributed by atoms with Gasteiger partial charge in [0.2, 0.25) is 0 Å². The molecule has 0 aliphatic rings. The van der Waals surface area contributed by atoms with E-state index in [2.05, 4.69) is 10.5 Å². The molecule has 4 nitrogen and oxygen atoms in total. The zero-order valence-electron chi connectivity index (χ0n) is 12.1. The Morgan fingerprint density at radius 2 is 1.81 bits per heavy atom. The SMILES string of the molecule is CC/C(=N/NC(=O)c1ccccc1O)c1ccc(C)cc1. The Kier molecular flexibility index (Phi) is 4.72. The number of para-hydroxylation sites is 1. The van der Waals surface area contributed by atoms with Crippen molar-refractivity contribution in [2.75, 3.05) is 0 Å². The highest BCUT2D eigenvalue weighted by molar-refractivity contribution is 6.02. The molecule has 0 spiro atoms. The van der Waals surface area contributed by atoms with Crippen LogP contribution in [0.4, 0.5) is 0 Å². The first-order valence-corrected chi connectivity index (χ1v) is 6.83. The Bertz CT molecular complexity index is 661. The van der Waals surface area contributed by atoms with Crippen LogP contribution >= 0.6 is 0 Å². The summed E-state index contributed by atoms with van der Waals surface area (Å²) >= 11 is 0. The third kappa shape index (κ3) is 3.69. The summed E-state index contributed by atoms with van der Waals surface area (Å²) in [5, 5.41) is 13.8. The van der Waals surface area contributed by atoms with Gasteiger partial charge in [0.25, 0.3) is 5.91 Å². The van der Waals surface area contributed by atoms with Gasteiger partial charge in [-0.05, 0) is 31.0 Å². The number of rotatable bonds is 4. The first-order valence-electron chi connectivity index (χ1n) is 6.83. The molecule has 0 aromatic heterocycles. The lowest BCUT2D eigenvalue weighted by Gasteiger charge is -2.06. The number of hydrazone groups is 1. The molecule has 0 aliphatic carbocycles. The lowest BCUT2D eigenvalue weighted by molar-refractivity contribution is 0.0952. The van der Waals surface area contributed by atoms with E-state index in [9.17, 15) is 9.90 Å². The molecule has 2 N–H and O–H groups in total. The Morgan fingerprint density at radius 1 is 1.14 bits per heavy atom. The lowest BCUT2D eigenvalue weighted by atomic mass is 10.1. The van der Waals surface area contributed by atoms with E-state index in [1.165, 1.54) is 11.6 Å².